The summed E-state index contributed by atoms with van der Waals surface area (Å²) in [5.74, 6) is 0. The number of hydrogen-bond acceptors (Lipinski definition) is 2. The van der Waals surface area contributed by atoms with E-state index in [9.17, 15) is 0 Å². The average Bonchev–Trinajstić information content (AvgIpc) is 2.06. The number of benzene rings is 1. The van der Waals surface area contributed by atoms with Crippen LogP contribution in [0.4, 0.5) is 5.69 Å². The average molecular weight is 169 g/mol. The molecule has 0 amide bonds. The quantitative estimate of drug-likeness (QED) is 0.669. The fraction of sp³-hybridized carbons (Fsp3) is 0.250. The first-order valence-electron chi connectivity index (χ1n) is 3.61. The van der Waals surface area contributed by atoms with Crippen LogP contribution in [0.2, 0.25) is 0 Å². The Morgan fingerprint density at radius 2 is 2.18 bits per heavy atom. The highest BCUT2D eigenvalue weighted by Crippen LogP contribution is 2.12. The Morgan fingerprint density at radius 3 is 2.82 bits per heavy atom. The van der Waals surface area contributed by atoms with E-state index in [1.807, 2.05) is 31.2 Å². The van der Waals surface area contributed by atoms with E-state index in [2.05, 4.69) is 5.32 Å². The summed E-state index contributed by atoms with van der Waals surface area (Å²) in [6, 6.07) is 7.79. The molecular formula is C8H12NOP. The molecule has 60 valence electrons. The van der Waals surface area contributed by atoms with Crippen LogP contribution in [-0.2, 0) is 0 Å². The lowest BCUT2D eigenvalue weighted by Gasteiger charge is -2.06. The minimum absolute atomic E-state index is 0.124. The zero-order valence-corrected chi connectivity index (χ0v) is 7.46. The molecule has 0 aromatic heterocycles. The van der Waals surface area contributed by atoms with Gasteiger partial charge in [-0.25, -0.2) is 0 Å². The first-order chi connectivity index (χ1) is 5.38. The third-order valence-electron chi connectivity index (χ3n) is 1.41. The highest BCUT2D eigenvalue weighted by Gasteiger charge is 1.96. The van der Waals surface area contributed by atoms with Crippen LogP contribution in [-0.4, -0.2) is 11.4 Å². The van der Waals surface area contributed by atoms with Gasteiger partial charge in [-0.05, 0) is 13.0 Å². The lowest BCUT2D eigenvalue weighted by molar-refractivity contribution is 0.655. The third kappa shape index (κ3) is 2.18. The van der Waals surface area contributed by atoms with Crippen LogP contribution in [0.1, 0.15) is 6.92 Å². The fourth-order valence-electron chi connectivity index (χ4n) is 0.925. The van der Waals surface area contributed by atoms with Crippen molar-refractivity contribution in [1.82, 2.24) is 0 Å². The van der Waals surface area contributed by atoms with Gasteiger partial charge in [-0.2, -0.15) is 0 Å². The molecule has 1 unspecified atom stereocenters. The molecule has 1 aromatic carbocycles. The molecule has 0 spiro atoms. The van der Waals surface area contributed by atoms with Crippen LogP contribution in [0.5, 0.6) is 0 Å². The molecule has 2 nitrogen and oxygen atoms in total. The van der Waals surface area contributed by atoms with Gasteiger partial charge in [0.25, 0.3) is 0 Å². The molecule has 1 rings (SSSR count). The normalized spacial score (nSPS) is 10.7. The minimum atomic E-state index is -0.124. The van der Waals surface area contributed by atoms with E-state index in [0.29, 0.717) is 0 Å². The smallest absolute Gasteiger partial charge is 0.0441 e. The Kier molecular flexibility index (Phi) is 3.34. The highest BCUT2D eigenvalue weighted by molar-refractivity contribution is 7.41. The van der Waals surface area contributed by atoms with Gasteiger partial charge in [0.2, 0.25) is 0 Å². The van der Waals surface area contributed by atoms with Crippen LogP contribution >= 0.6 is 8.81 Å². The van der Waals surface area contributed by atoms with E-state index in [1.165, 1.54) is 0 Å². The number of hydrogen-bond donors (Lipinski definition) is 2. The first-order valence-corrected chi connectivity index (χ1v) is 4.56. The number of para-hydroxylation sites is 1. The van der Waals surface area contributed by atoms with E-state index >= 15 is 0 Å². The second-order valence-corrected chi connectivity index (χ2v) is 2.95. The van der Waals surface area contributed by atoms with E-state index in [-0.39, 0.29) is 8.81 Å². The Balaban J connectivity index is 2.83. The van der Waals surface area contributed by atoms with E-state index in [4.69, 9.17) is 4.89 Å². The summed E-state index contributed by atoms with van der Waals surface area (Å²) in [4.78, 5) is 8.93. The van der Waals surface area contributed by atoms with Gasteiger partial charge in [0.15, 0.2) is 0 Å². The largest absolute Gasteiger partial charge is 0.385 e. The standard InChI is InChI=1S/C8H12NOP/c1-2-9-7-5-3-4-6-8(7)11-10/h3-6,9-11H,2H2,1H3. The van der Waals surface area contributed by atoms with Crippen molar-refractivity contribution >= 4 is 19.8 Å². The maximum Gasteiger partial charge on any atom is 0.0441 e. The summed E-state index contributed by atoms with van der Waals surface area (Å²) in [6.45, 7) is 2.93. The molecule has 0 saturated heterocycles. The van der Waals surface area contributed by atoms with Gasteiger partial charge in [-0.3, -0.25) is 0 Å². The maximum atomic E-state index is 8.93. The van der Waals surface area contributed by atoms with E-state index in [1.54, 1.807) is 0 Å². The van der Waals surface area contributed by atoms with Crippen LogP contribution in [0.25, 0.3) is 0 Å². The highest BCUT2D eigenvalue weighted by atomic mass is 31.1. The lowest BCUT2D eigenvalue weighted by atomic mass is 10.3. The van der Waals surface area contributed by atoms with Crippen molar-refractivity contribution in [1.29, 1.82) is 0 Å². The van der Waals surface area contributed by atoms with Crippen molar-refractivity contribution in [2.24, 2.45) is 0 Å². The molecule has 1 aromatic rings. The second kappa shape index (κ2) is 4.32. The number of anilines is 1. The molecule has 0 saturated carbocycles. The second-order valence-electron chi connectivity index (χ2n) is 2.19. The van der Waals surface area contributed by atoms with Gasteiger partial charge >= 0.3 is 0 Å². The maximum absolute atomic E-state index is 8.93. The van der Waals surface area contributed by atoms with Crippen molar-refractivity contribution in [2.45, 2.75) is 6.92 Å². The summed E-state index contributed by atoms with van der Waals surface area (Å²) in [5, 5.41) is 4.15. The van der Waals surface area contributed by atoms with Gasteiger partial charge in [0.05, 0.1) is 0 Å². The minimum Gasteiger partial charge on any atom is -0.385 e. The molecule has 11 heavy (non-hydrogen) atoms. The Labute approximate surface area is 68.5 Å². The van der Waals surface area contributed by atoms with Gasteiger partial charge in [-0.1, -0.05) is 18.2 Å². The number of rotatable bonds is 3. The molecule has 0 aliphatic rings. The summed E-state index contributed by atoms with van der Waals surface area (Å²) in [6.07, 6.45) is 0. The van der Waals surface area contributed by atoms with Gasteiger partial charge in [0.1, 0.15) is 0 Å². The zero-order valence-electron chi connectivity index (χ0n) is 6.46. The van der Waals surface area contributed by atoms with Crippen LogP contribution in [0.15, 0.2) is 24.3 Å². The van der Waals surface area contributed by atoms with Crippen LogP contribution in [0.3, 0.4) is 0 Å². The molecule has 3 heteroatoms. The van der Waals surface area contributed by atoms with E-state index < -0.39 is 0 Å². The molecule has 0 fully saturated rings. The predicted molar refractivity (Wildman–Crippen MR) is 50.8 cm³/mol. The van der Waals surface area contributed by atoms with Crippen molar-refractivity contribution in [3.05, 3.63) is 24.3 Å². The van der Waals surface area contributed by atoms with Crippen molar-refractivity contribution < 1.29 is 4.89 Å². The summed E-state index contributed by atoms with van der Waals surface area (Å²) < 4.78 is 0. The zero-order chi connectivity index (χ0) is 8.10. The molecule has 1 atom stereocenters. The van der Waals surface area contributed by atoms with Crippen LogP contribution < -0.4 is 10.6 Å². The molecular weight excluding hydrogens is 157 g/mol. The Hall–Kier alpha value is -0.590. The van der Waals surface area contributed by atoms with Crippen LogP contribution in [0, 0.1) is 0 Å². The molecule has 2 N–H and O–H groups in total. The fourth-order valence-corrected chi connectivity index (χ4v) is 1.39. The SMILES string of the molecule is CCNc1ccccc1PO. The van der Waals surface area contributed by atoms with Gasteiger partial charge in [-0.15, -0.1) is 0 Å². The van der Waals surface area contributed by atoms with E-state index in [0.717, 1.165) is 17.5 Å². The Morgan fingerprint density at radius 1 is 1.45 bits per heavy atom. The Bertz CT molecular complexity index is 227. The lowest BCUT2D eigenvalue weighted by Crippen LogP contribution is -2.06. The first kappa shape index (κ1) is 8.51. The van der Waals surface area contributed by atoms with Crippen molar-refractivity contribution in [2.75, 3.05) is 11.9 Å². The molecule has 0 heterocycles. The summed E-state index contributed by atoms with van der Waals surface area (Å²) >= 11 is 0. The topological polar surface area (TPSA) is 32.3 Å². The van der Waals surface area contributed by atoms with Gasteiger partial charge < -0.3 is 10.2 Å². The molecule has 0 aliphatic heterocycles. The molecule has 0 aliphatic carbocycles. The molecule has 0 bridgehead atoms. The summed E-state index contributed by atoms with van der Waals surface area (Å²) in [5.41, 5.74) is 1.04. The van der Waals surface area contributed by atoms with Gasteiger partial charge in [0, 0.05) is 26.3 Å². The molecule has 0 radical (unpaired) electrons. The van der Waals surface area contributed by atoms with Crippen molar-refractivity contribution in [3.63, 3.8) is 0 Å². The third-order valence-corrected chi connectivity index (χ3v) is 2.09. The number of nitrogens with one attached hydrogen (secondary N) is 1. The monoisotopic (exact) mass is 169 g/mol. The summed E-state index contributed by atoms with van der Waals surface area (Å²) in [7, 11) is -0.124. The predicted octanol–water partition coefficient (Wildman–Crippen LogP) is 1.33. The van der Waals surface area contributed by atoms with Crippen molar-refractivity contribution in [3.8, 4) is 0 Å².